The molecule has 0 saturated carbocycles. The highest BCUT2D eigenvalue weighted by Crippen LogP contribution is 2.36. The van der Waals surface area contributed by atoms with Crippen LogP contribution in [0.5, 0.6) is 0 Å². The van der Waals surface area contributed by atoms with Crippen molar-refractivity contribution >= 4 is 11.6 Å². The van der Waals surface area contributed by atoms with Crippen LogP contribution in [0.25, 0.3) is 0 Å². The van der Waals surface area contributed by atoms with Crippen LogP contribution in [0.1, 0.15) is 68.9 Å². The van der Waals surface area contributed by atoms with Crippen molar-refractivity contribution in [2.24, 2.45) is 0 Å². The summed E-state index contributed by atoms with van der Waals surface area (Å²) in [4.78, 5) is 11.9. The van der Waals surface area contributed by atoms with E-state index in [4.69, 9.17) is 10.5 Å². The summed E-state index contributed by atoms with van der Waals surface area (Å²) in [7, 11) is 0. The number of hydrogen-bond donors (Lipinski definition) is 1. The Morgan fingerprint density at radius 3 is 2.31 bits per heavy atom. The van der Waals surface area contributed by atoms with E-state index < -0.39 is 23.2 Å². The molecule has 0 heterocycles. The van der Waals surface area contributed by atoms with Gasteiger partial charge >= 0.3 is 6.18 Å². The molecule has 0 fully saturated rings. The molecule has 7 heteroatoms. The van der Waals surface area contributed by atoms with Crippen LogP contribution >= 0.6 is 0 Å². The van der Waals surface area contributed by atoms with Crippen molar-refractivity contribution in [2.75, 3.05) is 5.32 Å². The number of anilines is 1. The van der Waals surface area contributed by atoms with Crippen molar-refractivity contribution < 1.29 is 18.0 Å². The van der Waals surface area contributed by atoms with Crippen LogP contribution in [0.4, 0.5) is 18.9 Å². The van der Waals surface area contributed by atoms with Crippen molar-refractivity contribution in [3.8, 4) is 12.1 Å². The van der Waals surface area contributed by atoms with Gasteiger partial charge in [0.15, 0.2) is 5.92 Å². The SMILES string of the molecule is CCCCCCCCC(=O)Nc1ccc(C(C#N)C#N)c(C(F)(F)F)c1. The second kappa shape index (κ2) is 10.5. The van der Waals surface area contributed by atoms with Crippen LogP contribution in [-0.2, 0) is 11.0 Å². The quantitative estimate of drug-likeness (QED) is 0.585. The fourth-order valence-electron chi connectivity index (χ4n) is 2.59. The molecule has 1 aromatic carbocycles. The Morgan fingerprint density at radius 2 is 1.73 bits per heavy atom. The molecule has 1 N–H and O–H groups in total. The minimum Gasteiger partial charge on any atom is -0.326 e. The number of halogens is 3. The molecule has 4 nitrogen and oxygen atoms in total. The first-order valence-electron chi connectivity index (χ1n) is 8.63. The molecule has 1 aromatic rings. The Bertz CT molecular complexity index is 673. The lowest BCUT2D eigenvalue weighted by Crippen LogP contribution is -2.15. The number of alkyl halides is 3. The van der Waals surface area contributed by atoms with Gasteiger partial charge in [0, 0.05) is 12.1 Å². The minimum absolute atomic E-state index is 0.00619. The zero-order chi connectivity index (χ0) is 19.6. The van der Waals surface area contributed by atoms with Crippen molar-refractivity contribution in [1.82, 2.24) is 0 Å². The Hall–Kier alpha value is -2.54. The van der Waals surface area contributed by atoms with Gasteiger partial charge in [-0.1, -0.05) is 45.1 Å². The highest BCUT2D eigenvalue weighted by atomic mass is 19.4. The number of nitriles is 2. The summed E-state index contributed by atoms with van der Waals surface area (Å²) in [5.41, 5.74) is -1.48. The molecule has 1 rings (SSSR count). The number of hydrogen-bond acceptors (Lipinski definition) is 3. The molecule has 0 aliphatic carbocycles. The standard InChI is InChI=1S/C19H22F3N3O/c1-2-3-4-5-6-7-8-18(26)25-15-9-10-16(14(12-23)13-24)17(11-15)19(20,21)22/h9-11,14H,2-8H2,1H3,(H,25,26). The van der Waals surface area contributed by atoms with Crippen molar-refractivity contribution in [3.05, 3.63) is 29.3 Å². The third-order valence-corrected chi connectivity index (χ3v) is 3.97. The number of nitrogens with zero attached hydrogens (tertiary/aromatic N) is 2. The highest BCUT2D eigenvalue weighted by molar-refractivity contribution is 5.90. The Morgan fingerprint density at radius 1 is 1.12 bits per heavy atom. The lowest BCUT2D eigenvalue weighted by atomic mass is 9.95. The number of unbranched alkanes of at least 4 members (excludes halogenated alkanes) is 5. The van der Waals surface area contributed by atoms with Crippen LogP contribution in [0.3, 0.4) is 0 Å². The summed E-state index contributed by atoms with van der Waals surface area (Å²) in [6.07, 6.45) is 1.57. The number of rotatable bonds is 9. The average Bonchev–Trinajstić information content (AvgIpc) is 2.59. The van der Waals surface area contributed by atoms with Gasteiger partial charge in [-0.2, -0.15) is 23.7 Å². The first-order chi connectivity index (χ1) is 12.3. The third kappa shape index (κ3) is 6.76. The Kier molecular flexibility index (Phi) is 8.64. The second-order valence-corrected chi connectivity index (χ2v) is 6.06. The fraction of sp³-hybridized carbons (Fsp3) is 0.526. The normalized spacial score (nSPS) is 11.0. The van der Waals surface area contributed by atoms with Gasteiger partial charge in [0.1, 0.15) is 0 Å². The van der Waals surface area contributed by atoms with Gasteiger partial charge in [0.05, 0.1) is 17.7 Å². The van der Waals surface area contributed by atoms with Crippen molar-refractivity contribution in [3.63, 3.8) is 0 Å². The topological polar surface area (TPSA) is 76.7 Å². The van der Waals surface area contributed by atoms with Gasteiger partial charge in [-0.25, -0.2) is 0 Å². The van der Waals surface area contributed by atoms with E-state index in [1.807, 2.05) is 0 Å². The lowest BCUT2D eigenvalue weighted by molar-refractivity contribution is -0.138. The van der Waals surface area contributed by atoms with E-state index in [1.165, 1.54) is 6.07 Å². The van der Waals surface area contributed by atoms with Crippen molar-refractivity contribution in [2.45, 2.75) is 64.0 Å². The molecule has 0 saturated heterocycles. The van der Waals surface area contributed by atoms with E-state index in [0.717, 1.165) is 44.2 Å². The molecule has 0 spiro atoms. The van der Waals surface area contributed by atoms with E-state index in [1.54, 1.807) is 12.1 Å². The average molecular weight is 365 g/mol. The van der Waals surface area contributed by atoms with Crippen LogP contribution in [0, 0.1) is 22.7 Å². The molecule has 0 unspecified atom stereocenters. The van der Waals surface area contributed by atoms with Crippen LogP contribution in [-0.4, -0.2) is 5.91 Å². The predicted octanol–water partition coefficient (Wildman–Crippen LogP) is 5.53. The largest absolute Gasteiger partial charge is 0.416 e. The lowest BCUT2D eigenvalue weighted by Gasteiger charge is -2.15. The van der Waals surface area contributed by atoms with E-state index in [-0.39, 0.29) is 18.0 Å². The monoisotopic (exact) mass is 365 g/mol. The van der Waals surface area contributed by atoms with Crippen LogP contribution in [0.2, 0.25) is 0 Å². The molecule has 0 bridgehead atoms. The summed E-state index contributed by atoms with van der Waals surface area (Å²) in [5, 5.41) is 20.2. The summed E-state index contributed by atoms with van der Waals surface area (Å²) >= 11 is 0. The second-order valence-electron chi connectivity index (χ2n) is 6.06. The summed E-state index contributed by atoms with van der Waals surface area (Å²) in [6, 6.07) is 6.21. The maximum absolute atomic E-state index is 13.2. The van der Waals surface area contributed by atoms with Gasteiger partial charge in [-0.15, -0.1) is 0 Å². The molecule has 1 amide bonds. The van der Waals surface area contributed by atoms with E-state index >= 15 is 0 Å². The number of amides is 1. The molecule has 0 aliphatic heterocycles. The summed E-state index contributed by atoms with van der Waals surface area (Å²) < 4.78 is 39.7. The third-order valence-electron chi connectivity index (χ3n) is 3.97. The first kappa shape index (κ1) is 21.5. The van der Waals surface area contributed by atoms with Gasteiger partial charge in [0.25, 0.3) is 0 Å². The maximum atomic E-state index is 13.2. The summed E-state index contributed by atoms with van der Waals surface area (Å²) in [5.74, 6) is -1.86. The molecular formula is C19H22F3N3O. The fourth-order valence-corrected chi connectivity index (χ4v) is 2.59. The number of carbonyl (C=O) groups excluding carboxylic acids is 1. The van der Waals surface area contributed by atoms with E-state index in [0.29, 0.717) is 6.42 Å². The molecule has 0 radical (unpaired) electrons. The minimum atomic E-state index is -4.72. The molecule has 0 aliphatic rings. The molecule has 140 valence electrons. The number of nitrogens with one attached hydrogen (secondary N) is 1. The zero-order valence-electron chi connectivity index (χ0n) is 14.7. The predicted molar refractivity (Wildman–Crippen MR) is 92.0 cm³/mol. The zero-order valence-corrected chi connectivity index (χ0v) is 14.7. The smallest absolute Gasteiger partial charge is 0.326 e. The molecular weight excluding hydrogens is 343 g/mol. The van der Waals surface area contributed by atoms with E-state index in [9.17, 15) is 18.0 Å². The number of carbonyl (C=O) groups is 1. The van der Waals surface area contributed by atoms with Crippen molar-refractivity contribution in [1.29, 1.82) is 10.5 Å². The van der Waals surface area contributed by atoms with Crippen LogP contribution < -0.4 is 5.32 Å². The first-order valence-corrected chi connectivity index (χ1v) is 8.63. The molecule has 26 heavy (non-hydrogen) atoms. The molecule has 0 atom stereocenters. The summed E-state index contributed by atoms with van der Waals surface area (Å²) in [6.45, 7) is 2.11. The van der Waals surface area contributed by atoms with E-state index in [2.05, 4.69) is 12.2 Å². The highest BCUT2D eigenvalue weighted by Gasteiger charge is 2.35. The van der Waals surface area contributed by atoms with Gasteiger partial charge < -0.3 is 5.32 Å². The van der Waals surface area contributed by atoms with Gasteiger partial charge in [0.2, 0.25) is 5.91 Å². The Labute approximate surface area is 151 Å². The van der Waals surface area contributed by atoms with Crippen LogP contribution in [0.15, 0.2) is 18.2 Å². The number of benzene rings is 1. The maximum Gasteiger partial charge on any atom is 0.416 e. The van der Waals surface area contributed by atoms with Gasteiger partial charge in [-0.3, -0.25) is 4.79 Å². The molecule has 0 aromatic heterocycles. The Balaban J connectivity index is 2.75. The van der Waals surface area contributed by atoms with Gasteiger partial charge in [-0.05, 0) is 24.1 Å².